The molecule has 2 atom stereocenters. The molecular weight excluding hydrogens is 490 g/mol. The molecular formula is C25H20Cl2SiZr. The standard InChI is InChI=1S/C25H20Cl2Si.Zr/c1-24(26)20-13-7-5-9-17(20)15-22(24)28-23-16-18-10-6-8-14-21(18)25(23,27)19-11-3-2-4-12-19;/h2-16H,28H2,1H3;. The van der Waals surface area contributed by atoms with E-state index in [4.69, 9.17) is 23.2 Å². The quantitative estimate of drug-likeness (QED) is 0.291. The molecule has 0 heterocycles. The second kappa shape index (κ2) is 7.82. The van der Waals surface area contributed by atoms with Crippen LogP contribution in [0.1, 0.15) is 34.7 Å². The van der Waals surface area contributed by atoms with Crippen molar-refractivity contribution >= 4 is 44.9 Å². The molecule has 0 N–H and O–H groups in total. The average Bonchev–Trinajstić information content (AvgIpc) is 3.15. The minimum Gasteiger partial charge on any atom is -0.110 e. The van der Waals surface area contributed by atoms with Crippen molar-refractivity contribution in [3.63, 3.8) is 0 Å². The molecule has 2 unspecified atom stereocenters. The number of allylic oxidation sites excluding steroid dienone is 2. The molecule has 0 amide bonds. The Balaban J connectivity index is 0.00000205. The minimum absolute atomic E-state index is 0. The maximum atomic E-state index is 7.47. The normalized spacial score (nSPS) is 24.7. The molecule has 0 saturated heterocycles. The number of hydrogen-bond donors (Lipinski definition) is 0. The molecule has 3 aromatic rings. The minimum atomic E-state index is -0.857. The zero-order chi connectivity index (χ0) is 19.4. The van der Waals surface area contributed by atoms with Gasteiger partial charge in [0.05, 0.1) is 14.4 Å². The maximum absolute atomic E-state index is 7.47. The van der Waals surface area contributed by atoms with Gasteiger partial charge in [0.2, 0.25) is 0 Å². The first-order chi connectivity index (χ1) is 13.5. The van der Waals surface area contributed by atoms with E-state index in [2.05, 4.69) is 91.9 Å². The molecule has 0 bridgehead atoms. The summed E-state index contributed by atoms with van der Waals surface area (Å²) in [6.07, 6.45) is 4.60. The fourth-order valence-corrected chi connectivity index (χ4v) is 7.74. The SMILES string of the molecule is CC1(Cl)C([SiH2]C2=Cc3ccccc3C2(Cl)c2ccccc2)=Cc2ccccc21.[Zr]. The third-order valence-electron chi connectivity index (χ3n) is 6.06. The number of alkyl halides is 2. The number of fused-ring (bicyclic) bond motifs is 2. The van der Waals surface area contributed by atoms with Crippen LogP contribution in [0.5, 0.6) is 0 Å². The van der Waals surface area contributed by atoms with Gasteiger partial charge < -0.3 is 0 Å². The summed E-state index contributed by atoms with van der Waals surface area (Å²) in [4.78, 5) is -1.06. The van der Waals surface area contributed by atoms with E-state index in [1.807, 2.05) is 6.07 Å². The van der Waals surface area contributed by atoms with E-state index in [-0.39, 0.29) is 26.2 Å². The fourth-order valence-electron chi connectivity index (χ4n) is 4.55. The molecule has 4 heteroatoms. The molecule has 0 spiro atoms. The van der Waals surface area contributed by atoms with Crippen molar-refractivity contribution in [2.75, 3.05) is 0 Å². The molecule has 0 aliphatic heterocycles. The van der Waals surface area contributed by atoms with Gasteiger partial charge in [0, 0.05) is 26.2 Å². The molecule has 0 aromatic heterocycles. The van der Waals surface area contributed by atoms with Gasteiger partial charge in [-0.25, -0.2) is 0 Å². The summed E-state index contributed by atoms with van der Waals surface area (Å²) in [6, 6.07) is 27.4. The van der Waals surface area contributed by atoms with Gasteiger partial charge in [-0.1, -0.05) is 101 Å². The van der Waals surface area contributed by atoms with Crippen LogP contribution in [0.2, 0.25) is 0 Å². The van der Waals surface area contributed by atoms with Crippen LogP contribution in [-0.2, 0) is 36.0 Å². The van der Waals surface area contributed by atoms with Gasteiger partial charge in [-0.2, -0.15) is 0 Å². The zero-order valence-corrected chi connectivity index (χ0v) is 21.5. The van der Waals surface area contributed by atoms with E-state index < -0.39 is 19.3 Å². The van der Waals surface area contributed by atoms with Crippen LogP contribution in [0.25, 0.3) is 12.2 Å². The topological polar surface area (TPSA) is 0 Å². The summed E-state index contributed by atoms with van der Waals surface area (Å²) in [5.41, 5.74) is 5.97. The van der Waals surface area contributed by atoms with E-state index in [1.54, 1.807) is 0 Å². The van der Waals surface area contributed by atoms with Crippen molar-refractivity contribution in [1.82, 2.24) is 0 Å². The van der Waals surface area contributed by atoms with Crippen LogP contribution in [0, 0.1) is 0 Å². The average molecular weight is 511 g/mol. The molecule has 2 aliphatic carbocycles. The Labute approximate surface area is 203 Å². The Morgan fingerprint density at radius 3 is 1.83 bits per heavy atom. The summed E-state index contributed by atoms with van der Waals surface area (Å²) in [5, 5.41) is 2.64. The summed E-state index contributed by atoms with van der Waals surface area (Å²) < 4.78 is 0. The molecule has 0 fully saturated rings. The van der Waals surface area contributed by atoms with Gasteiger partial charge in [0.15, 0.2) is 0 Å². The summed E-state index contributed by atoms with van der Waals surface area (Å²) in [6.45, 7) is 2.13. The first kappa shape index (κ1) is 21.1. The smallest absolute Gasteiger partial charge is 0.110 e. The maximum Gasteiger partial charge on any atom is 0.113 e. The summed E-state index contributed by atoms with van der Waals surface area (Å²) in [7, 11) is -0.857. The fraction of sp³-hybridized carbons (Fsp3) is 0.120. The van der Waals surface area contributed by atoms with E-state index in [0.29, 0.717) is 0 Å². The van der Waals surface area contributed by atoms with Gasteiger partial charge >= 0.3 is 0 Å². The molecule has 3 aromatic carbocycles. The number of hydrogen-bond acceptors (Lipinski definition) is 0. The van der Waals surface area contributed by atoms with E-state index in [1.165, 1.54) is 32.6 Å². The van der Waals surface area contributed by atoms with Crippen LogP contribution >= 0.6 is 23.2 Å². The summed E-state index contributed by atoms with van der Waals surface area (Å²) >= 11 is 14.6. The van der Waals surface area contributed by atoms with Crippen molar-refractivity contribution in [3.8, 4) is 0 Å². The molecule has 5 rings (SSSR count). The van der Waals surface area contributed by atoms with Crippen LogP contribution < -0.4 is 0 Å². The van der Waals surface area contributed by atoms with Gasteiger partial charge in [-0.05, 0) is 34.7 Å². The number of benzene rings is 3. The van der Waals surface area contributed by atoms with E-state index >= 15 is 0 Å². The first-order valence-electron chi connectivity index (χ1n) is 9.56. The Hall–Kier alpha value is -1.18. The second-order valence-corrected chi connectivity index (χ2v) is 10.9. The Kier molecular flexibility index (Phi) is 5.68. The van der Waals surface area contributed by atoms with Crippen molar-refractivity contribution in [1.29, 1.82) is 0 Å². The van der Waals surface area contributed by atoms with E-state index in [9.17, 15) is 0 Å². The molecule has 0 nitrogen and oxygen atoms in total. The Morgan fingerprint density at radius 1 is 0.655 bits per heavy atom. The second-order valence-electron chi connectivity index (χ2n) is 7.72. The summed E-state index contributed by atoms with van der Waals surface area (Å²) in [5.74, 6) is 0. The van der Waals surface area contributed by atoms with Crippen molar-refractivity contribution in [2.24, 2.45) is 0 Å². The predicted molar refractivity (Wildman–Crippen MR) is 124 cm³/mol. The Morgan fingerprint density at radius 2 is 1.17 bits per heavy atom. The third kappa shape index (κ3) is 3.29. The molecule has 142 valence electrons. The van der Waals surface area contributed by atoms with Crippen LogP contribution in [0.4, 0.5) is 0 Å². The van der Waals surface area contributed by atoms with Crippen LogP contribution in [-0.4, -0.2) is 9.52 Å². The first-order valence-corrected chi connectivity index (χ1v) is 11.7. The van der Waals surface area contributed by atoms with Crippen molar-refractivity contribution in [2.45, 2.75) is 16.7 Å². The largest absolute Gasteiger partial charge is 0.113 e. The van der Waals surface area contributed by atoms with Crippen LogP contribution in [0.3, 0.4) is 0 Å². The predicted octanol–water partition coefficient (Wildman–Crippen LogP) is 6.20. The molecule has 2 aliphatic rings. The van der Waals surface area contributed by atoms with Gasteiger partial charge in [0.1, 0.15) is 4.87 Å². The van der Waals surface area contributed by atoms with Crippen LogP contribution in [0.15, 0.2) is 89.3 Å². The molecule has 0 saturated carbocycles. The van der Waals surface area contributed by atoms with Gasteiger partial charge in [-0.15, -0.1) is 23.2 Å². The zero-order valence-electron chi connectivity index (χ0n) is 16.1. The van der Waals surface area contributed by atoms with Gasteiger partial charge in [0.25, 0.3) is 0 Å². The van der Waals surface area contributed by atoms with Gasteiger partial charge in [-0.3, -0.25) is 0 Å². The van der Waals surface area contributed by atoms with Crippen molar-refractivity contribution in [3.05, 3.63) is 117 Å². The number of halogens is 2. The van der Waals surface area contributed by atoms with E-state index in [0.717, 1.165) is 5.56 Å². The number of rotatable bonds is 3. The molecule has 0 radical (unpaired) electrons. The molecule has 29 heavy (non-hydrogen) atoms. The van der Waals surface area contributed by atoms with Crippen molar-refractivity contribution < 1.29 is 26.2 Å². The third-order valence-corrected chi connectivity index (χ3v) is 10.0. The Bertz CT molecular complexity index is 1130. The monoisotopic (exact) mass is 508 g/mol.